The number of hydrogen-bond donors (Lipinski definition) is 0. The molecule has 33 heavy (non-hydrogen) atoms. The van der Waals surface area contributed by atoms with Gasteiger partial charge in [0, 0.05) is 30.5 Å². The number of amides is 1. The lowest BCUT2D eigenvalue weighted by atomic mass is 9.97. The standard InChI is InChI=1S/C26H25N3O2S2/c1-18-27-21(17-32-18)16-31-22-6-4-5-19(15-22)9-10-25(30)29-13-11-20(12-14-29)26-28-23-7-2-3-8-24(23)33-26/h2-10,15,17,20H,11-14,16H2,1H3/b10-9+. The molecule has 0 aliphatic carbocycles. The second-order valence-electron chi connectivity index (χ2n) is 8.17. The number of para-hydroxylation sites is 1. The highest BCUT2D eigenvalue weighted by atomic mass is 32.1. The van der Waals surface area contributed by atoms with Crippen LogP contribution in [0.2, 0.25) is 0 Å². The number of benzene rings is 2. The lowest BCUT2D eigenvalue weighted by Crippen LogP contribution is -2.36. The van der Waals surface area contributed by atoms with Gasteiger partial charge < -0.3 is 9.64 Å². The van der Waals surface area contributed by atoms with Crippen LogP contribution in [-0.4, -0.2) is 33.9 Å². The largest absolute Gasteiger partial charge is 0.487 e. The minimum absolute atomic E-state index is 0.0574. The van der Waals surface area contributed by atoms with Gasteiger partial charge in [-0.05, 0) is 55.7 Å². The van der Waals surface area contributed by atoms with Crippen molar-refractivity contribution in [2.45, 2.75) is 32.3 Å². The Bertz CT molecular complexity index is 1250. The molecule has 2 aromatic carbocycles. The van der Waals surface area contributed by atoms with Crippen molar-refractivity contribution in [1.82, 2.24) is 14.9 Å². The van der Waals surface area contributed by atoms with Gasteiger partial charge >= 0.3 is 0 Å². The van der Waals surface area contributed by atoms with E-state index >= 15 is 0 Å². The van der Waals surface area contributed by atoms with Gasteiger partial charge in [0.1, 0.15) is 12.4 Å². The minimum atomic E-state index is 0.0574. The molecule has 7 heteroatoms. The summed E-state index contributed by atoms with van der Waals surface area (Å²) in [5, 5.41) is 4.24. The van der Waals surface area contributed by atoms with Crippen LogP contribution >= 0.6 is 22.7 Å². The Balaban J connectivity index is 1.15. The highest BCUT2D eigenvalue weighted by Gasteiger charge is 2.25. The smallest absolute Gasteiger partial charge is 0.246 e. The quantitative estimate of drug-likeness (QED) is 0.318. The maximum absolute atomic E-state index is 12.7. The number of thiazole rings is 2. The molecule has 2 aromatic heterocycles. The van der Waals surface area contributed by atoms with E-state index in [0.717, 1.165) is 53.5 Å². The molecule has 1 aliphatic heterocycles. The molecule has 1 fully saturated rings. The summed E-state index contributed by atoms with van der Waals surface area (Å²) in [6.07, 6.45) is 5.44. The summed E-state index contributed by atoms with van der Waals surface area (Å²) in [5.41, 5.74) is 2.95. The second-order valence-corrected chi connectivity index (χ2v) is 10.3. The molecule has 5 rings (SSSR count). The van der Waals surface area contributed by atoms with Crippen molar-refractivity contribution in [2.75, 3.05) is 13.1 Å². The lowest BCUT2D eigenvalue weighted by molar-refractivity contribution is -0.126. The monoisotopic (exact) mass is 475 g/mol. The summed E-state index contributed by atoms with van der Waals surface area (Å²) in [7, 11) is 0. The zero-order valence-electron chi connectivity index (χ0n) is 18.4. The zero-order chi connectivity index (χ0) is 22.6. The molecule has 0 N–H and O–H groups in total. The summed E-state index contributed by atoms with van der Waals surface area (Å²) < 4.78 is 7.09. The number of aromatic nitrogens is 2. The van der Waals surface area contributed by atoms with Gasteiger partial charge in [-0.15, -0.1) is 22.7 Å². The number of aryl methyl sites for hydroxylation is 1. The highest BCUT2D eigenvalue weighted by molar-refractivity contribution is 7.18. The van der Waals surface area contributed by atoms with Crippen molar-refractivity contribution >= 4 is 44.9 Å². The van der Waals surface area contributed by atoms with Gasteiger partial charge in [-0.3, -0.25) is 4.79 Å². The fourth-order valence-corrected chi connectivity index (χ4v) is 5.76. The molecular weight excluding hydrogens is 450 g/mol. The van der Waals surface area contributed by atoms with E-state index in [4.69, 9.17) is 9.72 Å². The van der Waals surface area contributed by atoms with Crippen molar-refractivity contribution in [3.8, 4) is 5.75 Å². The van der Waals surface area contributed by atoms with Crippen molar-refractivity contribution < 1.29 is 9.53 Å². The number of rotatable bonds is 6. The Morgan fingerprint density at radius 2 is 2.00 bits per heavy atom. The summed E-state index contributed by atoms with van der Waals surface area (Å²) >= 11 is 3.40. The van der Waals surface area contributed by atoms with Crippen molar-refractivity contribution in [3.63, 3.8) is 0 Å². The molecule has 0 atom stereocenters. The van der Waals surface area contributed by atoms with E-state index < -0.39 is 0 Å². The van der Waals surface area contributed by atoms with E-state index in [1.54, 1.807) is 28.7 Å². The van der Waals surface area contributed by atoms with Crippen LogP contribution in [0, 0.1) is 6.92 Å². The predicted octanol–water partition coefficient (Wildman–Crippen LogP) is 6.06. The Labute approximate surface area is 201 Å². The molecule has 3 heterocycles. The van der Waals surface area contributed by atoms with Gasteiger partial charge in [0.05, 0.1) is 25.9 Å². The second kappa shape index (κ2) is 9.85. The van der Waals surface area contributed by atoms with Gasteiger partial charge in [0.2, 0.25) is 5.91 Å². The molecule has 1 saturated heterocycles. The van der Waals surface area contributed by atoms with E-state index in [1.165, 1.54) is 9.71 Å². The number of piperidine rings is 1. The Morgan fingerprint density at radius 1 is 1.15 bits per heavy atom. The number of carbonyl (C=O) groups excluding carboxylic acids is 1. The van der Waals surface area contributed by atoms with E-state index in [2.05, 4.69) is 23.2 Å². The minimum Gasteiger partial charge on any atom is -0.487 e. The number of carbonyl (C=O) groups is 1. The van der Waals surface area contributed by atoms with Crippen LogP contribution in [-0.2, 0) is 11.4 Å². The van der Waals surface area contributed by atoms with Crippen molar-refractivity contribution in [2.24, 2.45) is 0 Å². The van der Waals surface area contributed by atoms with Crippen LogP contribution in [0.1, 0.15) is 40.0 Å². The van der Waals surface area contributed by atoms with E-state index in [-0.39, 0.29) is 5.91 Å². The van der Waals surface area contributed by atoms with Gasteiger partial charge in [-0.1, -0.05) is 24.3 Å². The van der Waals surface area contributed by atoms with Crippen LogP contribution in [0.15, 0.2) is 60.0 Å². The average Bonchev–Trinajstić information content (AvgIpc) is 3.47. The molecule has 1 amide bonds. The average molecular weight is 476 g/mol. The number of ether oxygens (including phenoxy) is 1. The zero-order valence-corrected chi connectivity index (χ0v) is 20.1. The molecule has 0 radical (unpaired) electrons. The topological polar surface area (TPSA) is 55.3 Å². The first-order valence-corrected chi connectivity index (χ1v) is 12.8. The fourth-order valence-electron chi connectivity index (χ4n) is 4.02. The highest BCUT2D eigenvalue weighted by Crippen LogP contribution is 2.33. The molecule has 5 nitrogen and oxygen atoms in total. The molecular formula is C26H25N3O2S2. The molecule has 1 aliphatic rings. The molecule has 0 spiro atoms. The third-order valence-electron chi connectivity index (χ3n) is 5.80. The van der Waals surface area contributed by atoms with Crippen LogP contribution in [0.5, 0.6) is 5.75 Å². The van der Waals surface area contributed by atoms with Crippen molar-refractivity contribution in [1.29, 1.82) is 0 Å². The van der Waals surface area contributed by atoms with Gasteiger partial charge in [-0.25, -0.2) is 9.97 Å². The van der Waals surface area contributed by atoms with Gasteiger partial charge in [0.25, 0.3) is 0 Å². The van der Waals surface area contributed by atoms with Crippen molar-refractivity contribution in [3.05, 3.63) is 81.3 Å². The maximum atomic E-state index is 12.7. The molecule has 0 bridgehead atoms. The third kappa shape index (κ3) is 5.31. The Hall–Kier alpha value is -3.03. The summed E-state index contributed by atoms with van der Waals surface area (Å²) in [6.45, 7) is 3.96. The van der Waals surface area contributed by atoms with Gasteiger partial charge in [-0.2, -0.15) is 0 Å². The SMILES string of the molecule is Cc1nc(COc2cccc(/C=C/C(=O)N3CCC(c4nc5ccccc5s4)CC3)c2)cs1. The lowest BCUT2D eigenvalue weighted by Gasteiger charge is -2.30. The Morgan fingerprint density at radius 3 is 2.79 bits per heavy atom. The third-order valence-corrected chi connectivity index (χ3v) is 7.82. The predicted molar refractivity (Wildman–Crippen MR) is 135 cm³/mol. The molecule has 0 unspecified atom stereocenters. The van der Waals surface area contributed by atoms with Crippen LogP contribution in [0.25, 0.3) is 16.3 Å². The molecule has 168 valence electrons. The van der Waals surface area contributed by atoms with Gasteiger partial charge in [0.15, 0.2) is 0 Å². The van der Waals surface area contributed by atoms with E-state index in [1.807, 2.05) is 53.6 Å². The normalized spacial score (nSPS) is 14.9. The summed E-state index contributed by atoms with van der Waals surface area (Å²) in [6, 6.07) is 16.1. The number of likely N-dealkylation sites (tertiary alicyclic amines) is 1. The maximum Gasteiger partial charge on any atom is 0.246 e. The van der Waals surface area contributed by atoms with E-state index in [0.29, 0.717) is 12.5 Å². The van der Waals surface area contributed by atoms with Crippen LogP contribution < -0.4 is 4.74 Å². The summed E-state index contributed by atoms with van der Waals surface area (Å²) in [4.78, 5) is 23.9. The Kier molecular flexibility index (Phi) is 6.51. The van der Waals surface area contributed by atoms with Crippen LogP contribution in [0.3, 0.4) is 0 Å². The number of fused-ring (bicyclic) bond motifs is 1. The number of nitrogens with zero attached hydrogens (tertiary/aromatic N) is 3. The molecule has 4 aromatic rings. The first kappa shape index (κ1) is 21.8. The van der Waals surface area contributed by atoms with Crippen LogP contribution in [0.4, 0.5) is 0 Å². The fraction of sp³-hybridized carbons (Fsp3) is 0.269. The molecule has 0 saturated carbocycles. The summed E-state index contributed by atoms with van der Waals surface area (Å²) in [5.74, 6) is 1.26. The first-order valence-electron chi connectivity index (χ1n) is 11.1. The number of hydrogen-bond acceptors (Lipinski definition) is 6. The first-order chi connectivity index (χ1) is 16.1. The van der Waals surface area contributed by atoms with E-state index in [9.17, 15) is 4.79 Å².